The van der Waals surface area contributed by atoms with Gasteiger partial charge >= 0.3 is 0 Å². The lowest BCUT2D eigenvalue weighted by Crippen LogP contribution is -2.46. The molecule has 0 saturated heterocycles. The Balaban J connectivity index is 1.45. The van der Waals surface area contributed by atoms with Gasteiger partial charge in [-0.15, -0.1) is 0 Å². The Bertz CT molecular complexity index is 1810. The van der Waals surface area contributed by atoms with Crippen molar-refractivity contribution in [3.05, 3.63) is 119 Å². The van der Waals surface area contributed by atoms with Crippen molar-refractivity contribution < 1.29 is 4.74 Å². The van der Waals surface area contributed by atoms with Crippen molar-refractivity contribution in [3.8, 4) is 11.6 Å². The zero-order valence-corrected chi connectivity index (χ0v) is 23.2. The van der Waals surface area contributed by atoms with E-state index in [0.717, 1.165) is 39.6 Å². The minimum atomic E-state index is -0.262. The molecular weight excluding hydrogens is 534 g/mol. The summed E-state index contributed by atoms with van der Waals surface area (Å²) in [5.74, 6) is 3.50. The fourth-order valence-corrected chi connectivity index (χ4v) is 5.57. The summed E-state index contributed by atoms with van der Waals surface area (Å²) in [6.07, 6.45) is 1.76. The second-order valence-corrected chi connectivity index (χ2v) is 10.2. The van der Waals surface area contributed by atoms with E-state index in [1.54, 1.807) is 6.20 Å². The van der Waals surface area contributed by atoms with E-state index in [2.05, 4.69) is 27.3 Å². The van der Waals surface area contributed by atoms with Crippen LogP contribution in [0.2, 0.25) is 5.02 Å². The molecule has 202 valence electrons. The highest BCUT2D eigenvalue weighted by Crippen LogP contribution is 2.48. The van der Waals surface area contributed by atoms with Gasteiger partial charge in [0.15, 0.2) is 23.3 Å². The Morgan fingerprint density at radius 3 is 2.54 bits per heavy atom. The van der Waals surface area contributed by atoms with Gasteiger partial charge in [0.25, 0.3) is 0 Å². The molecule has 2 aliphatic rings. The van der Waals surface area contributed by atoms with E-state index in [1.165, 1.54) is 0 Å². The lowest BCUT2D eigenvalue weighted by Gasteiger charge is -2.40. The molecule has 1 atom stereocenters. The number of fused-ring (bicyclic) bond motifs is 4. The van der Waals surface area contributed by atoms with Crippen LogP contribution in [0.25, 0.3) is 5.82 Å². The number of pyridine rings is 1. The van der Waals surface area contributed by atoms with Gasteiger partial charge in [-0.3, -0.25) is 0 Å². The van der Waals surface area contributed by atoms with E-state index < -0.39 is 0 Å². The SMILES string of the molecule is CCOc1ccc(NC2=Nc3ccccc3N3C2=Nc2c(c(C)nn2-c2ccccn2)[C@@H]3c2cccc(Cl)c2)cc1. The van der Waals surface area contributed by atoms with Gasteiger partial charge in [0, 0.05) is 22.5 Å². The topological polar surface area (TPSA) is 79.9 Å². The summed E-state index contributed by atoms with van der Waals surface area (Å²) in [7, 11) is 0. The normalized spacial score (nSPS) is 15.3. The van der Waals surface area contributed by atoms with Crippen LogP contribution in [0.15, 0.2) is 107 Å². The van der Waals surface area contributed by atoms with Gasteiger partial charge < -0.3 is 15.0 Å². The van der Waals surface area contributed by atoms with Crippen molar-refractivity contribution in [2.24, 2.45) is 9.98 Å². The maximum Gasteiger partial charge on any atom is 0.179 e. The number of benzene rings is 3. The quantitative estimate of drug-likeness (QED) is 0.242. The number of halogens is 1. The van der Waals surface area contributed by atoms with Crippen LogP contribution >= 0.6 is 11.6 Å². The van der Waals surface area contributed by atoms with Crippen LogP contribution < -0.4 is 15.0 Å². The average molecular weight is 560 g/mol. The molecule has 4 heterocycles. The van der Waals surface area contributed by atoms with Crippen LogP contribution in [0.3, 0.4) is 0 Å². The Kier molecular flexibility index (Phi) is 6.24. The molecule has 8 nitrogen and oxygen atoms in total. The number of aromatic nitrogens is 3. The monoisotopic (exact) mass is 559 g/mol. The molecule has 5 aromatic rings. The second kappa shape index (κ2) is 10.2. The summed E-state index contributed by atoms with van der Waals surface area (Å²) in [6, 6.07) is 29.4. The van der Waals surface area contributed by atoms with E-state index in [9.17, 15) is 0 Å². The maximum absolute atomic E-state index is 6.55. The first-order valence-corrected chi connectivity index (χ1v) is 13.8. The molecule has 0 saturated carbocycles. The molecule has 9 heteroatoms. The first-order valence-electron chi connectivity index (χ1n) is 13.4. The second-order valence-electron chi connectivity index (χ2n) is 9.72. The zero-order chi connectivity index (χ0) is 27.9. The Morgan fingerprint density at radius 2 is 1.76 bits per heavy atom. The smallest absolute Gasteiger partial charge is 0.179 e. The standard InChI is InChI=1S/C32H26ClN7O/c1-3-41-24-16-14-23(15-17-24)35-30-32-37-31-28(20(2)38-40(31)27-13-6-7-18-34-27)29(21-9-8-10-22(33)19-21)39(32)26-12-5-4-11-25(26)36-30/h4-19,29H,3H2,1-2H3,(H,35,36)/t29-/m0/s1. The van der Waals surface area contributed by atoms with E-state index in [4.69, 9.17) is 31.4 Å². The third-order valence-corrected chi connectivity index (χ3v) is 7.33. The van der Waals surface area contributed by atoms with Crippen LogP contribution in [0.1, 0.15) is 29.8 Å². The van der Waals surface area contributed by atoms with Gasteiger partial charge in [-0.1, -0.05) is 41.9 Å². The largest absolute Gasteiger partial charge is 0.494 e. The van der Waals surface area contributed by atoms with Crippen LogP contribution in [-0.4, -0.2) is 33.0 Å². The first-order chi connectivity index (χ1) is 20.1. The van der Waals surface area contributed by atoms with E-state index in [-0.39, 0.29) is 6.04 Å². The molecule has 0 fully saturated rings. The highest BCUT2D eigenvalue weighted by molar-refractivity contribution is 6.51. The third kappa shape index (κ3) is 4.42. The molecule has 41 heavy (non-hydrogen) atoms. The van der Waals surface area contributed by atoms with Crippen LogP contribution in [0.4, 0.5) is 22.9 Å². The third-order valence-electron chi connectivity index (χ3n) is 7.10. The van der Waals surface area contributed by atoms with E-state index in [0.29, 0.717) is 34.9 Å². The number of aryl methyl sites for hydroxylation is 1. The number of aliphatic imine (C=N–C) groups is 2. The summed E-state index contributed by atoms with van der Waals surface area (Å²) in [5.41, 5.74) is 5.52. The van der Waals surface area contributed by atoms with Gasteiger partial charge in [-0.05, 0) is 80.1 Å². The lowest BCUT2D eigenvalue weighted by atomic mass is 9.93. The number of para-hydroxylation sites is 2. The number of amidine groups is 2. The number of nitrogens with zero attached hydrogens (tertiary/aromatic N) is 6. The molecule has 1 N–H and O–H groups in total. The first kappa shape index (κ1) is 25.0. The molecule has 0 bridgehead atoms. The van der Waals surface area contributed by atoms with Crippen molar-refractivity contribution in [1.82, 2.24) is 14.8 Å². The summed E-state index contributed by atoms with van der Waals surface area (Å²) in [6.45, 7) is 4.59. The van der Waals surface area contributed by atoms with Crippen molar-refractivity contribution in [3.63, 3.8) is 0 Å². The zero-order valence-electron chi connectivity index (χ0n) is 22.5. The van der Waals surface area contributed by atoms with Crippen molar-refractivity contribution in [2.75, 3.05) is 16.8 Å². The highest BCUT2D eigenvalue weighted by Gasteiger charge is 2.41. The van der Waals surface area contributed by atoms with Gasteiger partial charge in [-0.2, -0.15) is 9.78 Å². The molecule has 2 aromatic heterocycles. The lowest BCUT2D eigenvalue weighted by molar-refractivity contribution is 0.340. The number of hydrogen-bond donors (Lipinski definition) is 1. The van der Waals surface area contributed by atoms with Crippen LogP contribution in [0, 0.1) is 6.92 Å². The van der Waals surface area contributed by atoms with Crippen molar-refractivity contribution >= 4 is 46.2 Å². The van der Waals surface area contributed by atoms with E-state index >= 15 is 0 Å². The minimum absolute atomic E-state index is 0.262. The van der Waals surface area contributed by atoms with Crippen molar-refractivity contribution in [1.29, 1.82) is 0 Å². The fourth-order valence-electron chi connectivity index (χ4n) is 5.37. The summed E-state index contributed by atoms with van der Waals surface area (Å²) in [5, 5.41) is 9.11. The minimum Gasteiger partial charge on any atom is -0.494 e. The average Bonchev–Trinajstić information content (AvgIpc) is 3.33. The van der Waals surface area contributed by atoms with Crippen LogP contribution in [-0.2, 0) is 0 Å². The molecule has 0 amide bonds. The number of rotatable bonds is 5. The molecule has 0 radical (unpaired) electrons. The predicted octanol–water partition coefficient (Wildman–Crippen LogP) is 7.42. The summed E-state index contributed by atoms with van der Waals surface area (Å²) < 4.78 is 7.44. The highest BCUT2D eigenvalue weighted by atomic mass is 35.5. The molecule has 0 unspecified atom stereocenters. The number of ether oxygens (including phenoxy) is 1. The predicted molar refractivity (Wildman–Crippen MR) is 164 cm³/mol. The Hall–Kier alpha value is -4.95. The summed E-state index contributed by atoms with van der Waals surface area (Å²) in [4.78, 5) is 17.1. The number of anilines is 2. The molecular formula is C32H26ClN7O. The molecule has 2 aliphatic heterocycles. The molecule has 0 spiro atoms. The Labute approximate surface area is 242 Å². The number of nitrogens with one attached hydrogen (secondary N) is 1. The van der Waals surface area contributed by atoms with Gasteiger partial charge in [0.05, 0.1) is 29.7 Å². The summed E-state index contributed by atoms with van der Waals surface area (Å²) >= 11 is 6.55. The molecule has 7 rings (SSSR count). The van der Waals surface area contributed by atoms with Gasteiger partial charge in [-0.25, -0.2) is 15.0 Å². The molecule has 3 aromatic carbocycles. The van der Waals surface area contributed by atoms with Gasteiger partial charge in [0.2, 0.25) is 0 Å². The molecule has 0 aliphatic carbocycles. The Morgan fingerprint density at radius 1 is 0.927 bits per heavy atom. The van der Waals surface area contributed by atoms with Crippen LogP contribution in [0.5, 0.6) is 5.75 Å². The number of hydrogen-bond acceptors (Lipinski definition) is 7. The fraction of sp³-hybridized carbons (Fsp3) is 0.125. The van der Waals surface area contributed by atoms with Gasteiger partial charge in [0.1, 0.15) is 5.75 Å². The maximum atomic E-state index is 6.55. The van der Waals surface area contributed by atoms with E-state index in [1.807, 2.05) is 97.4 Å². The van der Waals surface area contributed by atoms with Crippen molar-refractivity contribution in [2.45, 2.75) is 19.9 Å².